The SMILES string of the molecule is CCN(CCSc1cccc(C(F)(F)F)c1)C1CCNC1. The first-order valence-electron chi connectivity index (χ1n) is 7.25. The van der Waals surface area contributed by atoms with Gasteiger partial charge in [-0.05, 0) is 37.7 Å². The molecule has 1 saturated heterocycles. The highest BCUT2D eigenvalue weighted by molar-refractivity contribution is 7.99. The lowest BCUT2D eigenvalue weighted by Gasteiger charge is -2.26. The summed E-state index contributed by atoms with van der Waals surface area (Å²) in [5.41, 5.74) is -0.570. The molecular weight excluding hydrogens is 297 g/mol. The second kappa shape index (κ2) is 7.51. The maximum absolute atomic E-state index is 12.7. The van der Waals surface area contributed by atoms with E-state index in [0.717, 1.165) is 44.4 Å². The molecule has 0 aromatic heterocycles. The molecule has 1 unspecified atom stereocenters. The number of halogens is 3. The second-order valence-corrected chi connectivity index (χ2v) is 6.32. The lowest BCUT2D eigenvalue weighted by atomic mass is 10.2. The second-order valence-electron chi connectivity index (χ2n) is 5.15. The van der Waals surface area contributed by atoms with Crippen molar-refractivity contribution in [1.82, 2.24) is 10.2 Å². The Labute approximate surface area is 128 Å². The van der Waals surface area contributed by atoms with E-state index < -0.39 is 11.7 Å². The molecule has 1 aromatic rings. The van der Waals surface area contributed by atoms with Crippen molar-refractivity contribution >= 4 is 11.8 Å². The van der Waals surface area contributed by atoms with Crippen LogP contribution in [0.3, 0.4) is 0 Å². The van der Waals surface area contributed by atoms with Crippen molar-refractivity contribution < 1.29 is 13.2 Å². The van der Waals surface area contributed by atoms with Gasteiger partial charge in [-0.1, -0.05) is 13.0 Å². The van der Waals surface area contributed by atoms with Crippen molar-refractivity contribution in [3.8, 4) is 0 Å². The van der Waals surface area contributed by atoms with E-state index in [0.29, 0.717) is 10.9 Å². The molecule has 21 heavy (non-hydrogen) atoms. The van der Waals surface area contributed by atoms with Gasteiger partial charge in [0.05, 0.1) is 5.56 Å². The molecule has 1 aliphatic heterocycles. The van der Waals surface area contributed by atoms with Gasteiger partial charge in [-0.2, -0.15) is 13.2 Å². The number of hydrogen-bond acceptors (Lipinski definition) is 3. The minimum absolute atomic E-state index is 0.567. The molecule has 6 heteroatoms. The molecule has 0 amide bonds. The Morgan fingerprint density at radius 3 is 2.81 bits per heavy atom. The molecule has 118 valence electrons. The average molecular weight is 318 g/mol. The smallest absolute Gasteiger partial charge is 0.315 e. The van der Waals surface area contributed by atoms with E-state index >= 15 is 0 Å². The van der Waals surface area contributed by atoms with Crippen LogP contribution in [0.5, 0.6) is 0 Å². The highest BCUT2D eigenvalue weighted by atomic mass is 32.2. The van der Waals surface area contributed by atoms with E-state index in [9.17, 15) is 13.2 Å². The van der Waals surface area contributed by atoms with Crippen molar-refractivity contribution in [2.24, 2.45) is 0 Å². The number of nitrogens with one attached hydrogen (secondary N) is 1. The van der Waals surface area contributed by atoms with Gasteiger partial charge in [0.25, 0.3) is 0 Å². The van der Waals surface area contributed by atoms with Crippen LogP contribution >= 0.6 is 11.8 Å². The summed E-state index contributed by atoms with van der Waals surface area (Å²) in [7, 11) is 0. The number of rotatable bonds is 6. The molecular formula is C15H21F3N2S. The summed E-state index contributed by atoms with van der Waals surface area (Å²) in [5, 5.41) is 3.35. The number of alkyl halides is 3. The monoisotopic (exact) mass is 318 g/mol. The number of likely N-dealkylation sites (N-methyl/N-ethyl adjacent to an activating group) is 1. The summed E-state index contributed by atoms with van der Waals surface area (Å²) in [6.45, 7) is 6.09. The summed E-state index contributed by atoms with van der Waals surface area (Å²) in [6, 6.07) is 6.14. The van der Waals surface area contributed by atoms with Crippen molar-refractivity contribution in [2.75, 3.05) is 31.9 Å². The van der Waals surface area contributed by atoms with Crippen LogP contribution in [0.4, 0.5) is 13.2 Å². The zero-order valence-corrected chi connectivity index (χ0v) is 12.9. The molecule has 0 aliphatic carbocycles. The Bertz CT molecular complexity index is 445. The first-order chi connectivity index (χ1) is 10.0. The van der Waals surface area contributed by atoms with E-state index in [1.807, 2.05) is 0 Å². The molecule has 1 heterocycles. The van der Waals surface area contributed by atoms with Crippen LogP contribution in [0.2, 0.25) is 0 Å². The van der Waals surface area contributed by atoms with Crippen molar-refractivity contribution in [2.45, 2.75) is 30.5 Å². The van der Waals surface area contributed by atoms with Crippen LogP contribution in [0.1, 0.15) is 18.9 Å². The summed E-state index contributed by atoms with van der Waals surface area (Å²) in [4.78, 5) is 3.09. The third kappa shape index (κ3) is 4.90. The molecule has 0 saturated carbocycles. The molecule has 0 radical (unpaired) electrons. The van der Waals surface area contributed by atoms with E-state index in [4.69, 9.17) is 0 Å². The van der Waals surface area contributed by atoms with E-state index in [-0.39, 0.29) is 0 Å². The fourth-order valence-corrected chi connectivity index (χ4v) is 3.54. The highest BCUT2D eigenvalue weighted by Crippen LogP contribution is 2.31. The minimum atomic E-state index is -4.26. The normalized spacial score (nSPS) is 19.4. The number of nitrogens with zero attached hydrogens (tertiary/aromatic N) is 1. The first kappa shape index (κ1) is 16.6. The Morgan fingerprint density at radius 2 is 2.19 bits per heavy atom. The third-order valence-electron chi connectivity index (χ3n) is 3.77. The van der Waals surface area contributed by atoms with E-state index in [1.165, 1.54) is 23.9 Å². The van der Waals surface area contributed by atoms with Gasteiger partial charge in [0.2, 0.25) is 0 Å². The summed E-state index contributed by atoms with van der Waals surface area (Å²) in [6.07, 6.45) is -3.11. The zero-order valence-electron chi connectivity index (χ0n) is 12.1. The van der Waals surface area contributed by atoms with Crippen molar-refractivity contribution in [3.63, 3.8) is 0 Å². The van der Waals surface area contributed by atoms with Gasteiger partial charge in [-0.25, -0.2) is 0 Å². The van der Waals surface area contributed by atoms with E-state index in [2.05, 4.69) is 17.1 Å². The largest absolute Gasteiger partial charge is 0.416 e. The maximum Gasteiger partial charge on any atom is 0.416 e. The van der Waals surface area contributed by atoms with Gasteiger partial charge in [0.15, 0.2) is 0 Å². The maximum atomic E-state index is 12.7. The molecule has 1 N–H and O–H groups in total. The average Bonchev–Trinajstić information content (AvgIpc) is 2.97. The lowest BCUT2D eigenvalue weighted by molar-refractivity contribution is -0.137. The van der Waals surface area contributed by atoms with Crippen LogP contribution in [0.25, 0.3) is 0 Å². The van der Waals surface area contributed by atoms with Crippen LogP contribution in [0.15, 0.2) is 29.2 Å². The van der Waals surface area contributed by atoms with Gasteiger partial charge >= 0.3 is 6.18 Å². The zero-order chi connectivity index (χ0) is 15.3. The van der Waals surface area contributed by atoms with Crippen molar-refractivity contribution in [1.29, 1.82) is 0 Å². The van der Waals surface area contributed by atoms with Crippen LogP contribution < -0.4 is 5.32 Å². The topological polar surface area (TPSA) is 15.3 Å². The van der Waals surface area contributed by atoms with Gasteiger partial charge < -0.3 is 5.32 Å². The molecule has 1 fully saturated rings. The van der Waals surface area contributed by atoms with Crippen LogP contribution in [-0.2, 0) is 6.18 Å². The quantitative estimate of drug-likeness (QED) is 0.809. The number of thioether (sulfide) groups is 1. The molecule has 0 bridgehead atoms. The van der Waals surface area contributed by atoms with Gasteiger partial charge in [0.1, 0.15) is 0 Å². The number of benzene rings is 1. The van der Waals surface area contributed by atoms with E-state index in [1.54, 1.807) is 6.07 Å². The molecule has 2 rings (SSSR count). The predicted octanol–water partition coefficient (Wildman–Crippen LogP) is 3.48. The first-order valence-corrected chi connectivity index (χ1v) is 8.24. The van der Waals surface area contributed by atoms with Crippen LogP contribution in [0, 0.1) is 0 Å². The molecule has 1 aromatic carbocycles. The molecule has 0 spiro atoms. The third-order valence-corrected chi connectivity index (χ3v) is 4.74. The fraction of sp³-hybridized carbons (Fsp3) is 0.600. The Kier molecular flexibility index (Phi) is 5.96. The molecule has 1 atom stereocenters. The molecule has 2 nitrogen and oxygen atoms in total. The fourth-order valence-electron chi connectivity index (χ4n) is 2.59. The van der Waals surface area contributed by atoms with Gasteiger partial charge in [0, 0.05) is 29.8 Å². The Morgan fingerprint density at radius 1 is 1.38 bits per heavy atom. The summed E-state index contributed by atoms with van der Waals surface area (Å²) < 4.78 is 38.0. The lowest BCUT2D eigenvalue weighted by Crippen LogP contribution is -2.38. The Balaban J connectivity index is 1.85. The Hall–Kier alpha value is -0.720. The summed E-state index contributed by atoms with van der Waals surface area (Å²) in [5.74, 6) is 0.811. The van der Waals surface area contributed by atoms with Crippen molar-refractivity contribution in [3.05, 3.63) is 29.8 Å². The van der Waals surface area contributed by atoms with Crippen LogP contribution in [-0.4, -0.2) is 42.9 Å². The standard InChI is InChI=1S/C15H21F3N2S/c1-2-20(13-6-7-19-11-13)8-9-21-14-5-3-4-12(10-14)15(16,17)18/h3-5,10,13,19H,2,6-9,11H2,1H3. The molecule has 1 aliphatic rings. The van der Waals surface area contributed by atoms with Gasteiger partial charge in [-0.15, -0.1) is 11.8 Å². The highest BCUT2D eigenvalue weighted by Gasteiger charge is 2.30. The predicted molar refractivity (Wildman–Crippen MR) is 80.7 cm³/mol. The number of hydrogen-bond donors (Lipinski definition) is 1. The van der Waals surface area contributed by atoms with Gasteiger partial charge in [-0.3, -0.25) is 4.90 Å². The minimum Gasteiger partial charge on any atom is -0.315 e. The summed E-state index contributed by atoms with van der Waals surface area (Å²) >= 11 is 1.49.